The summed E-state index contributed by atoms with van der Waals surface area (Å²) in [5.74, 6) is 0.895. The molecule has 0 aliphatic heterocycles. The molecule has 4 aliphatic rings. The molecule has 0 aromatic heterocycles. The number of rotatable bonds is 6. The van der Waals surface area contributed by atoms with Crippen LogP contribution in [0.3, 0.4) is 0 Å². The van der Waals surface area contributed by atoms with Gasteiger partial charge in [0.2, 0.25) is 0 Å². The first kappa shape index (κ1) is 20.8. The van der Waals surface area contributed by atoms with E-state index in [1.54, 1.807) is 7.11 Å². The number of ether oxygens (including phenoxy) is 2. The van der Waals surface area contributed by atoms with E-state index in [9.17, 15) is 14.4 Å². The van der Waals surface area contributed by atoms with Crippen LogP contribution < -0.4 is 0 Å². The zero-order valence-corrected chi connectivity index (χ0v) is 18.1. The van der Waals surface area contributed by atoms with Crippen LogP contribution in [0.5, 0.6) is 0 Å². The first-order chi connectivity index (χ1) is 13.8. The number of allylic oxidation sites excluding steroid dienone is 1. The van der Waals surface area contributed by atoms with Crippen molar-refractivity contribution in [2.45, 2.75) is 77.9 Å². The topological polar surface area (TPSA) is 69.7 Å². The molecule has 5 nitrogen and oxygen atoms in total. The van der Waals surface area contributed by atoms with E-state index >= 15 is 0 Å². The van der Waals surface area contributed by atoms with Gasteiger partial charge in [-0.2, -0.15) is 0 Å². The van der Waals surface area contributed by atoms with Crippen LogP contribution in [0, 0.1) is 34.5 Å². The molecule has 8 atom stereocenters. The summed E-state index contributed by atoms with van der Waals surface area (Å²) in [4.78, 5) is 35.9. The molecule has 0 N–H and O–H groups in total. The molecule has 0 aromatic rings. The second kappa shape index (κ2) is 7.33. The zero-order chi connectivity index (χ0) is 21.0. The molecule has 0 aromatic carbocycles. The Kier molecular flexibility index (Phi) is 5.25. The number of esters is 1. The third-order valence-corrected chi connectivity index (χ3v) is 8.72. The zero-order valence-electron chi connectivity index (χ0n) is 18.1. The molecule has 5 unspecified atom stereocenters. The Morgan fingerprint density at radius 1 is 1.31 bits per heavy atom. The van der Waals surface area contributed by atoms with Crippen LogP contribution in [-0.4, -0.2) is 37.4 Å². The number of aldehydes is 1. The van der Waals surface area contributed by atoms with E-state index in [0.29, 0.717) is 18.3 Å². The maximum Gasteiger partial charge on any atom is 0.303 e. The Hall–Kier alpha value is -1.49. The van der Waals surface area contributed by atoms with Gasteiger partial charge in [0.1, 0.15) is 6.29 Å². The van der Waals surface area contributed by atoms with Gasteiger partial charge in [0.05, 0.1) is 11.5 Å². The van der Waals surface area contributed by atoms with Crippen LogP contribution in [0.4, 0.5) is 0 Å². The van der Waals surface area contributed by atoms with Gasteiger partial charge in [-0.1, -0.05) is 25.5 Å². The Morgan fingerprint density at radius 2 is 2.07 bits per heavy atom. The first-order valence-electron chi connectivity index (χ1n) is 11.2. The van der Waals surface area contributed by atoms with Crippen molar-refractivity contribution in [2.75, 3.05) is 7.11 Å². The smallest absolute Gasteiger partial charge is 0.303 e. The number of carbonyl (C=O) groups excluding carboxylic acids is 3. The van der Waals surface area contributed by atoms with Crippen molar-refractivity contribution in [3.8, 4) is 0 Å². The second-order valence-electron chi connectivity index (χ2n) is 10.1. The van der Waals surface area contributed by atoms with Gasteiger partial charge >= 0.3 is 5.97 Å². The lowest BCUT2D eigenvalue weighted by Gasteiger charge is -2.44. The molecule has 160 valence electrons. The summed E-state index contributed by atoms with van der Waals surface area (Å²) in [5.41, 5.74) is 1.06. The highest BCUT2D eigenvalue weighted by Gasteiger charge is 2.71. The van der Waals surface area contributed by atoms with E-state index < -0.39 is 17.5 Å². The Labute approximate surface area is 173 Å². The van der Waals surface area contributed by atoms with Crippen LogP contribution >= 0.6 is 0 Å². The highest BCUT2D eigenvalue weighted by atomic mass is 16.5. The average molecular weight is 403 g/mol. The Bertz CT molecular complexity index is 742. The minimum atomic E-state index is -0.608. The van der Waals surface area contributed by atoms with E-state index in [1.807, 2.05) is 0 Å². The molecule has 4 aliphatic carbocycles. The summed E-state index contributed by atoms with van der Waals surface area (Å²) >= 11 is 0. The highest BCUT2D eigenvalue weighted by molar-refractivity contribution is 5.96. The Balaban J connectivity index is 1.58. The molecule has 4 saturated carbocycles. The van der Waals surface area contributed by atoms with Crippen LogP contribution in [0.2, 0.25) is 0 Å². The molecule has 5 heteroatoms. The molecule has 0 amide bonds. The second-order valence-corrected chi connectivity index (χ2v) is 10.1. The van der Waals surface area contributed by atoms with Gasteiger partial charge in [0.15, 0.2) is 11.9 Å². The first-order valence-corrected chi connectivity index (χ1v) is 11.2. The van der Waals surface area contributed by atoms with E-state index in [4.69, 9.17) is 9.47 Å². The molecular weight excluding hydrogens is 368 g/mol. The molecule has 0 radical (unpaired) electrons. The predicted molar refractivity (Wildman–Crippen MR) is 108 cm³/mol. The van der Waals surface area contributed by atoms with E-state index in [2.05, 4.69) is 19.9 Å². The molecule has 0 heterocycles. The summed E-state index contributed by atoms with van der Waals surface area (Å²) in [5, 5.41) is 0. The van der Waals surface area contributed by atoms with Crippen LogP contribution in [0.15, 0.2) is 11.6 Å². The molecule has 4 fully saturated rings. The van der Waals surface area contributed by atoms with Crippen LogP contribution in [0.25, 0.3) is 0 Å². The average Bonchev–Trinajstić information content (AvgIpc) is 3.19. The van der Waals surface area contributed by atoms with Crippen molar-refractivity contribution >= 4 is 18.0 Å². The summed E-state index contributed by atoms with van der Waals surface area (Å²) in [7, 11) is 1.69. The van der Waals surface area contributed by atoms with E-state index in [0.717, 1.165) is 44.8 Å². The minimum Gasteiger partial charge on any atom is -0.455 e. The van der Waals surface area contributed by atoms with E-state index in [1.165, 1.54) is 12.5 Å². The summed E-state index contributed by atoms with van der Waals surface area (Å²) in [6.45, 7) is 5.78. The predicted octanol–water partition coefficient (Wildman–Crippen LogP) is 3.89. The van der Waals surface area contributed by atoms with Gasteiger partial charge in [-0.15, -0.1) is 0 Å². The SMILES string of the molecule is COC(/C=C1\CCC[C@@]2(C)C1CCC2[C@H](C)C=O)C12CC1C[C@H](OC(C)=O)C2=O. The van der Waals surface area contributed by atoms with Gasteiger partial charge < -0.3 is 14.3 Å². The van der Waals surface area contributed by atoms with Gasteiger partial charge in [-0.3, -0.25) is 9.59 Å². The lowest BCUT2D eigenvalue weighted by atomic mass is 9.61. The summed E-state index contributed by atoms with van der Waals surface area (Å²) < 4.78 is 11.2. The van der Waals surface area contributed by atoms with Crippen molar-refractivity contribution in [3.63, 3.8) is 0 Å². The molecule has 4 rings (SSSR count). The van der Waals surface area contributed by atoms with Gasteiger partial charge in [0.25, 0.3) is 0 Å². The molecular formula is C24H34O5. The largest absolute Gasteiger partial charge is 0.455 e. The molecule has 0 bridgehead atoms. The standard InChI is InChI=1S/C24H34O5/c1-14(13-25)18-7-8-19-16(6-5-9-23(18,19)3)10-21(28-4)24-12-17(24)11-20(22(24)27)29-15(2)26/h10,13-14,17-21H,5-9,11-12H2,1-4H3/b16-10+/t14-,17?,18?,19?,20+,21?,23-,24?/m1/s1. The maximum atomic E-state index is 13.1. The fourth-order valence-corrected chi connectivity index (χ4v) is 7.26. The number of hydrogen-bond acceptors (Lipinski definition) is 5. The fraction of sp³-hybridized carbons (Fsp3) is 0.792. The van der Waals surface area contributed by atoms with Crippen LogP contribution in [-0.2, 0) is 23.9 Å². The lowest BCUT2D eigenvalue weighted by Crippen LogP contribution is -2.38. The number of carbonyl (C=O) groups is 3. The van der Waals surface area contributed by atoms with E-state index in [-0.39, 0.29) is 29.1 Å². The number of methoxy groups -OCH3 is 1. The highest BCUT2D eigenvalue weighted by Crippen LogP contribution is 2.66. The molecule has 0 spiro atoms. The maximum absolute atomic E-state index is 13.1. The summed E-state index contributed by atoms with van der Waals surface area (Å²) in [6.07, 6.45) is 9.50. The number of fused-ring (bicyclic) bond motifs is 2. The van der Waals surface area contributed by atoms with Crippen molar-refractivity contribution < 1.29 is 23.9 Å². The Morgan fingerprint density at radius 3 is 2.72 bits per heavy atom. The van der Waals surface area contributed by atoms with Crippen molar-refractivity contribution in [1.29, 1.82) is 0 Å². The van der Waals surface area contributed by atoms with Gasteiger partial charge in [-0.05, 0) is 68.1 Å². The van der Waals surface area contributed by atoms with Crippen molar-refractivity contribution in [3.05, 3.63) is 11.6 Å². The van der Waals surface area contributed by atoms with Crippen molar-refractivity contribution in [1.82, 2.24) is 0 Å². The fourth-order valence-electron chi connectivity index (χ4n) is 7.26. The lowest BCUT2D eigenvalue weighted by molar-refractivity contribution is -0.154. The summed E-state index contributed by atoms with van der Waals surface area (Å²) in [6, 6.07) is 0. The molecule has 29 heavy (non-hydrogen) atoms. The normalized spacial score (nSPS) is 44.1. The third-order valence-electron chi connectivity index (χ3n) is 8.72. The molecule has 0 saturated heterocycles. The van der Waals surface area contributed by atoms with Gasteiger partial charge in [0, 0.05) is 20.0 Å². The third kappa shape index (κ3) is 3.11. The minimum absolute atomic E-state index is 0.0406. The monoisotopic (exact) mass is 402 g/mol. The van der Waals surface area contributed by atoms with Gasteiger partial charge in [-0.25, -0.2) is 0 Å². The van der Waals surface area contributed by atoms with Crippen molar-refractivity contribution in [2.24, 2.45) is 34.5 Å². The number of hydrogen-bond donors (Lipinski definition) is 0. The quantitative estimate of drug-likeness (QED) is 0.383. The van der Waals surface area contributed by atoms with Crippen LogP contribution in [0.1, 0.15) is 65.7 Å². The number of Topliss-reactive ketones (excluding diaryl/α,β-unsaturated/α-hetero) is 1. The number of ketones is 1.